The fourth-order valence-corrected chi connectivity index (χ4v) is 2.51. The highest BCUT2D eigenvalue weighted by molar-refractivity contribution is 5.91. The van der Waals surface area contributed by atoms with Gasteiger partial charge in [0.1, 0.15) is 12.4 Å². The fraction of sp³-hybridized carbons (Fsp3) is 0.600. The summed E-state index contributed by atoms with van der Waals surface area (Å²) in [5.74, 6) is 1.20. The Kier molecular flexibility index (Phi) is 4.91. The zero-order valence-corrected chi connectivity index (χ0v) is 11.7. The van der Waals surface area contributed by atoms with Gasteiger partial charge in [-0.2, -0.15) is 0 Å². The van der Waals surface area contributed by atoms with E-state index < -0.39 is 0 Å². The third-order valence-electron chi connectivity index (χ3n) is 3.61. The summed E-state index contributed by atoms with van der Waals surface area (Å²) in [6.07, 6.45) is 6.52. The van der Waals surface area contributed by atoms with Gasteiger partial charge >= 0.3 is 0 Å². The molecule has 4 nitrogen and oxygen atoms in total. The summed E-state index contributed by atoms with van der Waals surface area (Å²) in [5.41, 5.74) is 0.960. The van der Waals surface area contributed by atoms with E-state index in [-0.39, 0.29) is 18.6 Å². The monoisotopic (exact) mass is 262 g/mol. The molecule has 0 saturated heterocycles. The summed E-state index contributed by atoms with van der Waals surface area (Å²) in [6.45, 7) is 4.28. The average molecular weight is 262 g/mol. The molecule has 1 saturated carbocycles. The second kappa shape index (κ2) is 6.66. The first kappa shape index (κ1) is 14.0. The fourth-order valence-electron chi connectivity index (χ4n) is 2.51. The number of ether oxygens (including phenoxy) is 1. The molecule has 0 spiro atoms. The van der Waals surface area contributed by atoms with E-state index in [2.05, 4.69) is 17.2 Å². The molecule has 1 aromatic heterocycles. The minimum atomic E-state index is -0.125. The molecule has 0 unspecified atom stereocenters. The van der Waals surface area contributed by atoms with Crippen molar-refractivity contribution < 1.29 is 9.53 Å². The second-order valence-corrected chi connectivity index (χ2v) is 5.42. The lowest BCUT2D eigenvalue weighted by atomic mass is 9.89. The summed E-state index contributed by atoms with van der Waals surface area (Å²) in [7, 11) is 0. The van der Waals surface area contributed by atoms with Gasteiger partial charge in [0.15, 0.2) is 0 Å². The molecule has 1 aromatic rings. The Morgan fingerprint density at radius 2 is 2.37 bits per heavy atom. The molecule has 2 rings (SSSR count). The Morgan fingerprint density at radius 3 is 3.11 bits per heavy atom. The summed E-state index contributed by atoms with van der Waals surface area (Å²) in [5, 5.41) is 2.79. The molecule has 0 aromatic carbocycles. The van der Waals surface area contributed by atoms with Crippen LogP contribution in [0.2, 0.25) is 0 Å². The number of aryl methyl sites for hydroxylation is 1. The van der Waals surface area contributed by atoms with Gasteiger partial charge in [0.25, 0.3) is 5.91 Å². The van der Waals surface area contributed by atoms with Crippen molar-refractivity contribution in [3.63, 3.8) is 0 Å². The number of aromatic nitrogens is 1. The first-order chi connectivity index (χ1) is 9.15. The average Bonchev–Trinajstić information content (AvgIpc) is 2.39. The maximum absolute atomic E-state index is 11.8. The Labute approximate surface area is 114 Å². The quantitative estimate of drug-likeness (QED) is 0.907. The Morgan fingerprint density at radius 1 is 1.53 bits per heavy atom. The van der Waals surface area contributed by atoms with Crippen molar-refractivity contribution in [3.8, 4) is 0 Å². The highest BCUT2D eigenvalue weighted by Crippen LogP contribution is 2.25. The molecule has 1 heterocycles. The minimum absolute atomic E-state index is 0.118. The number of amides is 1. The van der Waals surface area contributed by atoms with Gasteiger partial charge in [-0.3, -0.25) is 4.79 Å². The number of nitrogens with zero attached hydrogens (tertiary/aromatic N) is 1. The van der Waals surface area contributed by atoms with Gasteiger partial charge in [0.05, 0.1) is 6.10 Å². The molecule has 1 amide bonds. The summed E-state index contributed by atoms with van der Waals surface area (Å²) in [6, 6.07) is 3.77. The summed E-state index contributed by atoms with van der Waals surface area (Å²) >= 11 is 0. The minimum Gasteiger partial charge on any atom is -0.368 e. The molecule has 1 aliphatic carbocycles. The normalized spacial score (nSPS) is 23.1. The maximum atomic E-state index is 11.8. The number of hydrogen-bond donors (Lipinski definition) is 1. The van der Waals surface area contributed by atoms with Gasteiger partial charge in [-0.1, -0.05) is 25.8 Å². The SMILES string of the molecule is Cc1cccnc1NC(=O)CO[C@H]1CCC[C@@H](C)C1. The number of carbonyl (C=O) groups excluding carboxylic acids is 1. The van der Waals surface area contributed by atoms with E-state index in [1.165, 1.54) is 12.8 Å². The zero-order chi connectivity index (χ0) is 13.7. The van der Waals surface area contributed by atoms with Crippen molar-refractivity contribution in [2.24, 2.45) is 5.92 Å². The lowest BCUT2D eigenvalue weighted by Gasteiger charge is -2.26. The molecule has 1 fully saturated rings. The highest BCUT2D eigenvalue weighted by atomic mass is 16.5. The molecule has 2 atom stereocenters. The number of hydrogen-bond acceptors (Lipinski definition) is 3. The zero-order valence-electron chi connectivity index (χ0n) is 11.7. The van der Waals surface area contributed by atoms with Crippen LogP contribution in [0.1, 0.15) is 38.2 Å². The Bertz CT molecular complexity index is 434. The molecule has 0 aliphatic heterocycles. The topological polar surface area (TPSA) is 51.2 Å². The summed E-state index contributed by atoms with van der Waals surface area (Å²) < 4.78 is 5.69. The van der Waals surface area contributed by atoms with E-state index in [9.17, 15) is 4.79 Å². The van der Waals surface area contributed by atoms with Crippen LogP contribution in [0.4, 0.5) is 5.82 Å². The van der Waals surface area contributed by atoms with Crippen molar-refractivity contribution in [1.82, 2.24) is 4.98 Å². The van der Waals surface area contributed by atoms with Gasteiger partial charge < -0.3 is 10.1 Å². The standard InChI is InChI=1S/C15H22N2O2/c1-11-5-3-7-13(9-11)19-10-14(18)17-15-12(2)6-4-8-16-15/h4,6,8,11,13H,3,5,7,9-10H2,1-2H3,(H,16,17,18)/t11-,13+/m1/s1. The Hall–Kier alpha value is -1.42. The number of anilines is 1. The first-order valence-electron chi connectivity index (χ1n) is 6.98. The van der Waals surface area contributed by atoms with Crippen LogP contribution in [0.15, 0.2) is 18.3 Å². The van der Waals surface area contributed by atoms with Crippen LogP contribution in [0, 0.1) is 12.8 Å². The van der Waals surface area contributed by atoms with Crippen LogP contribution in [-0.2, 0) is 9.53 Å². The van der Waals surface area contributed by atoms with Crippen molar-refractivity contribution in [2.75, 3.05) is 11.9 Å². The van der Waals surface area contributed by atoms with E-state index >= 15 is 0 Å². The number of nitrogens with one attached hydrogen (secondary N) is 1. The Balaban J connectivity index is 1.77. The van der Waals surface area contributed by atoms with Crippen molar-refractivity contribution in [1.29, 1.82) is 0 Å². The van der Waals surface area contributed by atoms with Crippen LogP contribution in [0.3, 0.4) is 0 Å². The number of pyridine rings is 1. The van der Waals surface area contributed by atoms with Crippen LogP contribution in [-0.4, -0.2) is 23.6 Å². The molecular formula is C15H22N2O2. The number of carbonyl (C=O) groups is 1. The van der Waals surface area contributed by atoms with Crippen molar-refractivity contribution in [2.45, 2.75) is 45.6 Å². The smallest absolute Gasteiger partial charge is 0.251 e. The molecule has 1 N–H and O–H groups in total. The van der Waals surface area contributed by atoms with Gasteiger partial charge in [-0.15, -0.1) is 0 Å². The summed E-state index contributed by atoms with van der Waals surface area (Å²) in [4.78, 5) is 16.0. The first-order valence-corrected chi connectivity index (χ1v) is 6.98. The lowest BCUT2D eigenvalue weighted by molar-refractivity contribution is -0.123. The molecular weight excluding hydrogens is 240 g/mol. The molecule has 4 heteroatoms. The van der Waals surface area contributed by atoms with Crippen LogP contribution >= 0.6 is 0 Å². The van der Waals surface area contributed by atoms with Crippen LogP contribution in [0.25, 0.3) is 0 Å². The molecule has 104 valence electrons. The largest absolute Gasteiger partial charge is 0.368 e. The van der Waals surface area contributed by atoms with E-state index in [0.717, 1.165) is 18.4 Å². The van der Waals surface area contributed by atoms with Gasteiger partial charge in [-0.05, 0) is 37.3 Å². The predicted octanol–water partition coefficient (Wildman–Crippen LogP) is 2.92. The second-order valence-electron chi connectivity index (χ2n) is 5.42. The third-order valence-corrected chi connectivity index (χ3v) is 3.61. The van der Waals surface area contributed by atoms with Gasteiger partial charge in [-0.25, -0.2) is 4.98 Å². The maximum Gasteiger partial charge on any atom is 0.251 e. The van der Waals surface area contributed by atoms with E-state index in [1.807, 2.05) is 19.1 Å². The molecule has 0 radical (unpaired) electrons. The van der Waals surface area contributed by atoms with E-state index in [0.29, 0.717) is 11.7 Å². The lowest BCUT2D eigenvalue weighted by Crippen LogP contribution is -2.27. The predicted molar refractivity (Wildman–Crippen MR) is 75.0 cm³/mol. The highest BCUT2D eigenvalue weighted by Gasteiger charge is 2.20. The molecule has 1 aliphatic rings. The van der Waals surface area contributed by atoms with Gasteiger partial charge in [0.2, 0.25) is 0 Å². The van der Waals surface area contributed by atoms with Crippen molar-refractivity contribution in [3.05, 3.63) is 23.9 Å². The van der Waals surface area contributed by atoms with E-state index in [1.54, 1.807) is 6.20 Å². The van der Waals surface area contributed by atoms with Gasteiger partial charge in [0, 0.05) is 6.20 Å². The molecule has 0 bridgehead atoms. The third kappa shape index (κ3) is 4.31. The van der Waals surface area contributed by atoms with Crippen LogP contribution in [0.5, 0.6) is 0 Å². The van der Waals surface area contributed by atoms with Crippen molar-refractivity contribution >= 4 is 11.7 Å². The molecule has 19 heavy (non-hydrogen) atoms. The number of rotatable bonds is 4. The van der Waals surface area contributed by atoms with E-state index in [4.69, 9.17) is 4.74 Å². The van der Waals surface area contributed by atoms with Crippen LogP contribution < -0.4 is 5.32 Å².